The normalized spacial score (nSPS) is 17.4. The Morgan fingerprint density at radius 2 is 1.83 bits per heavy atom. The molecule has 0 radical (unpaired) electrons. The minimum atomic E-state index is -3.81. The molecule has 1 aliphatic heterocycles. The van der Waals surface area contributed by atoms with Gasteiger partial charge in [0, 0.05) is 31.9 Å². The summed E-state index contributed by atoms with van der Waals surface area (Å²) in [4.78, 5) is 17.3. The molecule has 8 heteroatoms. The number of anilines is 1. The zero-order valence-electron chi connectivity index (χ0n) is 16.6. The Bertz CT molecular complexity index is 934. The molecule has 2 aromatic rings. The summed E-state index contributed by atoms with van der Waals surface area (Å²) in [6, 6.07) is 16.1. The molecule has 0 aromatic heterocycles. The molecule has 1 unspecified atom stereocenters. The lowest BCUT2D eigenvalue weighted by Crippen LogP contribution is -2.43. The largest absolute Gasteiger partial charge is 0.325 e. The Morgan fingerprint density at radius 3 is 2.55 bits per heavy atom. The topological polar surface area (TPSA) is 95.7 Å². The number of sulfonamides is 1. The van der Waals surface area contributed by atoms with Gasteiger partial charge in [-0.2, -0.15) is 0 Å². The van der Waals surface area contributed by atoms with E-state index in [2.05, 4.69) is 39.4 Å². The number of carbonyl (C=O) groups excluding carboxylic acids is 1. The molecule has 3 N–H and O–H groups in total. The maximum absolute atomic E-state index is 12.7. The van der Waals surface area contributed by atoms with Crippen LogP contribution in [0.4, 0.5) is 5.69 Å². The first-order valence-corrected chi connectivity index (χ1v) is 11.3. The molecule has 156 valence electrons. The fourth-order valence-corrected chi connectivity index (χ4v) is 4.10. The fourth-order valence-electron chi connectivity index (χ4n) is 3.54. The molecule has 2 aromatic carbocycles. The van der Waals surface area contributed by atoms with Crippen LogP contribution in [0.1, 0.15) is 18.9 Å². The molecule has 3 rings (SSSR count). The second-order valence-electron chi connectivity index (χ2n) is 7.39. The van der Waals surface area contributed by atoms with Crippen LogP contribution in [0.5, 0.6) is 0 Å². The standard InChI is InChI=1S/C21H28N4O3S/c1-17(21(26)23-19-9-5-10-20(15-19)29(22,27)28)25-12-6-11-24(13-14-25)16-18-7-3-2-4-8-18/h2-5,7-10,15,17H,6,11-14,16H2,1H3,(H,23,26)(H2,22,27,28). The molecule has 1 heterocycles. The van der Waals surface area contributed by atoms with E-state index < -0.39 is 10.0 Å². The Morgan fingerprint density at radius 1 is 1.07 bits per heavy atom. The molecule has 1 amide bonds. The van der Waals surface area contributed by atoms with Crippen LogP contribution in [0.25, 0.3) is 0 Å². The van der Waals surface area contributed by atoms with E-state index in [0.717, 1.165) is 39.1 Å². The molecule has 1 atom stereocenters. The monoisotopic (exact) mass is 416 g/mol. The number of nitrogens with zero attached hydrogens (tertiary/aromatic N) is 2. The highest BCUT2D eigenvalue weighted by Gasteiger charge is 2.24. The van der Waals surface area contributed by atoms with Gasteiger partial charge in [0.2, 0.25) is 15.9 Å². The molecular weight excluding hydrogens is 388 g/mol. The number of nitrogens with one attached hydrogen (secondary N) is 1. The molecule has 0 saturated carbocycles. The van der Waals surface area contributed by atoms with Crippen molar-refractivity contribution < 1.29 is 13.2 Å². The first kappa shape index (κ1) is 21.4. The molecule has 7 nitrogen and oxygen atoms in total. The van der Waals surface area contributed by atoms with Crippen molar-refractivity contribution in [2.75, 3.05) is 31.5 Å². The van der Waals surface area contributed by atoms with Gasteiger partial charge >= 0.3 is 0 Å². The van der Waals surface area contributed by atoms with Crippen LogP contribution in [0.15, 0.2) is 59.5 Å². The average Bonchev–Trinajstić information content (AvgIpc) is 2.93. The van der Waals surface area contributed by atoms with Crippen molar-refractivity contribution in [3.8, 4) is 0 Å². The number of hydrogen-bond donors (Lipinski definition) is 2. The molecule has 1 saturated heterocycles. The van der Waals surface area contributed by atoms with Crippen molar-refractivity contribution in [3.63, 3.8) is 0 Å². The number of rotatable bonds is 6. The Balaban J connectivity index is 1.57. The summed E-state index contributed by atoms with van der Waals surface area (Å²) in [7, 11) is -3.81. The van der Waals surface area contributed by atoms with E-state index in [1.807, 2.05) is 13.0 Å². The summed E-state index contributed by atoms with van der Waals surface area (Å²) in [5.74, 6) is -0.159. The molecule has 0 spiro atoms. The second-order valence-corrected chi connectivity index (χ2v) is 8.95. The predicted octanol–water partition coefficient (Wildman–Crippen LogP) is 1.87. The maximum atomic E-state index is 12.7. The maximum Gasteiger partial charge on any atom is 0.241 e. The SMILES string of the molecule is CC(C(=O)Nc1cccc(S(N)(=O)=O)c1)N1CCCN(Cc2ccccc2)CC1. The van der Waals surface area contributed by atoms with Crippen LogP contribution in [-0.2, 0) is 21.4 Å². The van der Waals surface area contributed by atoms with E-state index in [1.165, 1.54) is 17.7 Å². The molecule has 0 aliphatic carbocycles. The van der Waals surface area contributed by atoms with Gasteiger partial charge in [0.05, 0.1) is 10.9 Å². The number of nitrogens with two attached hydrogens (primary N) is 1. The van der Waals surface area contributed by atoms with Crippen LogP contribution < -0.4 is 10.5 Å². The highest BCUT2D eigenvalue weighted by atomic mass is 32.2. The van der Waals surface area contributed by atoms with Gasteiger partial charge in [0.15, 0.2) is 0 Å². The van der Waals surface area contributed by atoms with E-state index in [0.29, 0.717) is 5.69 Å². The lowest BCUT2D eigenvalue weighted by Gasteiger charge is -2.27. The van der Waals surface area contributed by atoms with Gasteiger partial charge in [0.1, 0.15) is 0 Å². The van der Waals surface area contributed by atoms with Crippen molar-refractivity contribution in [2.45, 2.75) is 30.8 Å². The number of amides is 1. The minimum Gasteiger partial charge on any atom is -0.325 e. The quantitative estimate of drug-likeness (QED) is 0.750. The smallest absolute Gasteiger partial charge is 0.241 e. The van der Waals surface area contributed by atoms with Crippen molar-refractivity contribution in [2.24, 2.45) is 5.14 Å². The molecule has 29 heavy (non-hydrogen) atoms. The Kier molecular flexibility index (Phi) is 7.02. The Labute approximate surface area is 172 Å². The fraction of sp³-hybridized carbons (Fsp3) is 0.381. The summed E-state index contributed by atoms with van der Waals surface area (Å²) in [5, 5.41) is 7.97. The van der Waals surface area contributed by atoms with Crippen molar-refractivity contribution in [1.29, 1.82) is 0 Å². The van der Waals surface area contributed by atoms with Crippen LogP contribution in [0.2, 0.25) is 0 Å². The summed E-state index contributed by atoms with van der Waals surface area (Å²) >= 11 is 0. The van der Waals surface area contributed by atoms with E-state index in [-0.39, 0.29) is 16.8 Å². The van der Waals surface area contributed by atoms with Crippen molar-refractivity contribution in [3.05, 3.63) is 60.2 Å². The highest BCUT2D eigenvalue weighted by molar-refractivity contribution is 7.89. The summed E-state index contributed by atoms with van der Waals surface area (Å²) in [6.07, 6.45) is 0.991. The predicted molar refractivity (Wildman–Crippen MR) is 114 cm³/mol. The number of primary sulfonamides is 1. The van der Waals surface area contributed by atoms with Crippen molar-refractivity contribution in [1.82, 2.24) is 9.80 Å². The summed E-state index contributed by atoms with van der Waals surface area (Å²) < 4.78 is 23.0. The number of benzene rings is 2. The van der Waals surface area contributed by atoms with Gasteiger partial charge < -0.3 is 5.32 Å². The number of hydrogen-bond acceptors (Lipinski definition) is 5. The van der Waals surface area contributed by atoms with Gasteiger partial charge in [-0.15, -0.1) is 0 Å². The molecule has 0 bridgehead atoms. The summed E-state index contributed by atoms with van der Waals surface area (Å²) in [6.45, 7) is 6.33. The summed E-state index contributed by atoms with van der Waals surface area (Å²) in [5.41, 5.74) is 1.72. The van der Waals surface area contributed by atoms with E-state index in [1.54, 1.807) is 12.1 Å². The lowest BCUT2D eigenvalue weighted by molar-refractivity contribution is -0.120. The van der Waals surface area contributed by atoms with Gasteiger partial charge in [-0.3, -0.25) is 14.6 Å². The number of carbonyl (C=O) groups is 1. The third-order valence-corrected chi connectivity index (χ3v) is 6.14. The van der Waals surface area contributed by atoms with Gasteiger partial charge in [0.25, 0.3) is 0 Å². The zero-order valence-corrected chi connectivity index (χ0v) is 17.4. The molecule has 1 fully saturated rings. The van der Waals surface area contributed by atoms with Gasteiger partial charge in [-0.05, 0) is 43.7 Å². The highest BCUT2D eigenvalue weighted by Crippen LogP contribution is 2.16. The zero-order chi connectivity index (χ0) is 20.9. The van der Waals surface area contributed by atoms with Gasteiger partial charge in [-0.25, -0.2) is 13.6 Å². The van der Waals surface area contributed by atoms with Crippen molar-refractivity contribution >= 4 is 21.6 Å². The van der Waals surface area contributed by atoms with E-state index in [9.17, 15) is 13.2 Å². The minimum absolute atomic E-state index is 0.0192. The third kappa shape index (κ3) is 6.11. The molecule has 1 aliphatic rings. The first-order chi connectivity index (χ1) is 13.8. The van der Waals surface area contributed by atoms with Crippen LogP contribution in [-0.4, -0.2) is 56.3 Å². The van der Waals surface area contributed by atoms with E-state index in [4.69, 9.17) is 5.14 Å². The first-order valence-electron chi connectivity index (χ1n) is 9.77. The lowest BCUT2D eigenvalue weighted by atomic mass is 10.2. The van der Waals surface area contributed by atoms with Crippen LogP contribution >= 0.6 is 0 Å². The van der Waals surface area contributed by atoms with E-state index >= 15 is 0 Å². The van der Waals surface area contributed by atoms with Crippen LogP contribution in [0.3, 0.4) is 0 Å². The average molecular weight is 417 g/mol. The third-order valence-electron chi connectivity index (χ3n) is 5.23. The second kappa shape index (κ2) is 9.49. The van der Waals surface area contributed by atoms with Crippen LogP contribution in [0, 0.1) is 0 Å². The Hall–Kier alpha value is -2.26. The molecular formula is C21H28N4O3S. The van der Waals surface area contributed by atoms with Gasteiger partial charge in [-0.1, -0.05) is 36.4 Å².